The van der Waals surface area contributed by atoms with E-state index in [1.54, 1.807) is 6.20 Å². The predicted molar refractivity (Wildman–Crippen MR) is 94.4 cm³/mol. The van der Waals surface area contributed by atoms with Gasteiger partial charge >= 0.3 is 6.03 Å². The fourth-order valence-corrected chi connectivity index (χ4v) is 2.36. The van der Waals surface area contributed by atoms with Gasteiger partial charge in [0.05, 0.1) is 18.3 Å². The first-order chi connectivity index (χ1) is 11.7. The fourth-order valence-electron chi connectivity index (χ4n) is 2.36. The van der Waals surface area contributed by atoms with Crippen LogP contribution in [0.5, 0.6) is 5.75 Å². The van der Waals surface area contributed by atoms with Gasteiger partial charge in [-0.15, -0.1) is 0 Å². The molecular formula is C18H20N4O2. The molecule has 0 aliphatic carbocycles. The minimum absolute atomic E-state index is 0.232. The second-order valence-corrected chi connectivity index (χ2v) is 5.52. The molecule has 3 aromatic rings. The third kappa shape index (κ3) is 4.04. The van der Waals surface area contributed by atoms with Crippen molar-refractivity contribution in [2.75, 3.05) is 18.5 Å². The normalized spacial score (nSPS) is 10.5. The zero-order chi connectivity index (χ0) is 16.8. The highest BCUT2D eigenvalue weighted by atomic mass is 16.5. The third-order valence-electron chi connectivity index (χ3n) is 3.66. The molecule has 0 spiro atoms. The number of ether oxygens (including phenoxy) is 1. The van der Waals surface area contributed by atoms with Crippen LogP contribution < -0.4 is 15.4 Å². The number of carbonyl (C=O) groups is 1. The van der Waals surface area contributed by atoms with Gasteiger partial charge in [-0.2, -0.15) is 5.10 Å². The molecule has 0 unspecified atom stereocenters. The van der Waals surface area contributed by atoms with E-state index in [1.807, 2.05) is 49.4 Å². The zero-order valence-electron chi connectivity index (χ0n) is 13.5. The van der Waals surface area contributed by atoms with E-state index in [0.29, 0.717) is 13.2 Å². The van der Waals surface area contributed by atoms with Crippen molar-refractivity contribution in [3.05, 3.63) is 54.2 Å². The summed E-state index contributed by atoms with van der Waals surface area (Å²) in [5.41, 5.74) is 2.72. The predicted octanol–water partition coefficient (Wildman–Crippen LogP) is 3.46. The summed E-state index contributed by atoms with van der Waals surface area (Å²) >= 11 is 0. The number of urea groups is 1. The van der Waals surface area contributed by atoms with Crippen LogP contribution in [0, 0.1) is 6.92 Å². The average Bonchev–Trinajstić information content (AvgIpc) is 3.04. The smallest absolute Gasteiger partial charge is 0.319 e. The second kappa shape index (κ2) is 7.50. The van der Waals surface area contributed by atoms with Crippen LogP contribution in [0.25, 0.3) is 10.9 Å². The molecule has 2 aromatic carbocycles. The van der Waals surface area contributed by atoms with Gasteiger partial charge < -0.3 is 15.4 Å². The van der Waals surface area contributed by atoms with Crippen LogP contribution in [0.3, 0.4) is 0 Å². The first-order valence-corrected chi connectivity index (χ1v) is 7.89. The molecule has 0 atom stereocenters. The number of carbonyl (C=O) groups excluding carboxylic acids is 1. The summed E-state index contributed by atoms with van der Waals surface area (Å²) in [6.07, 6.45) is 2.48. The molecule has 0 bridgehead atoms. The Morgan fingerprint density at radius 2 is 2.12 bits per heavy atom. The van der Waals surface area contributed by atoms with E-state index >= 15 is 0 Å². The number of aromatic amines is 1. The summed E-state index contributed by atoms with van der Waals surface area (Å²) < 4.78 is 5.69. The molecule has 124 valence electrons. The first kappa shape index (κ1) is 15.9. The van der Waals surface area contributed by atoms with Gasteiger partial charge in [0.15, 0.2) is 0 Å². The maximum atomic E-state index is 11.9. The van der Waals surface area contributed by atoms with Crippen LogP contribution in [0.15, 0.2) is 48.7 Å². The Bertz CT molecular complexity index is 829. The van der Waals surface area contributed by atoms with Gasteiger partial charge in [0, 0.05) is 17.6 Å². The number of anilines is 1. The molecule has 0 saturated carbocycles. The second-order valence-electron chi connectivity index (χ2n) is 5.52. The van der Waals surface area contributed by atoms with E-state index in [9.17, 15) is 4.79 Å². The quantitative estimate of drug-likeness (QED) is 0.608. The summed E-state index contributed by atoms with van der Waals surface area (Å²) in [4.78, 5) is 11.9. The number of nitrogens with zero attached hydrogens (tertiary/aromatic N) is 1. The lowest BCUT2D eigenvalue weighted by atomic mass is 10.2. The maximum Gasteiger partial charge on any atom is 0.319 e. The largest absolute Gasteiger partial charge is 0.493 e. The van der Waals surface area contributed by atoms with Crippen molar-refractivity contribution in [2.24, 2.45) is 0 Å². The molecule has 1 heterocycles. The minimum atomic E-state index is -0.232. The monoisotopic (exact) mass is 324 g/mol. The van der Waals surface area contributed by atoms with E-state index in [2.05, 4.69) is 20.8 Å². The number of nitrogens with one attached hydrogen (secondary N) is 3. The van der Waals surface area contributed by atoms with E-state index in [0.717, 1.165) is 34.3 Å². The van der Waals surface area contributed by atoms with Crippen LogP contribution in [-0.2, 0) is 0 Å². The number of H-pyrrole nitrogens is 1. The highest BCUT2D eigenvalue weighted by Crippen LogP contribution is 2.17. The van der Waals surface area contributed by atoms with Crippen molar-refractivity contribution in [2.45, 2.75) is 13.3 Å². The Morgan fingerprint density at radius 1 is 1.25 bits per heavy atom. The highest BCUT2D eigenvalue weighted by Gasteiger charge is 2.03. The van der Waals surface area contributed by atoms with Crippen molar-refractivity contribution in [3.63, 3.8) is 0 Å². The summed E-state index contributed by atoms with van der Waals surface area (Å²) in [6, 6.07) is 13.3. The Kier molecular flexibility index (Phi) is 4.96. The minimum Gasteiger partial charge on any atom is -0.493 e. The lowest BCUT2D eigenvalue weighted by molar-refractivity contribution is 0.250. The van der Waals surface area contributed by atoms with E-state index in [4.69, 9.17) is 4.74 Å². The summed E-state index contributed by atoms with van der Waals surface area (Å²) in [5.74, 6) is 0.884. The fraction of sp³-hybridized carbons (Fsp3) is 0.222. The number of para-hydroxylation sites is 1. The maximum absolute atomic E-state index is 11.9. The average molecular weight is 324 g/mol. The number of benzene rings is 2. The van der Waals surface area contributed by atoms with E-state index < -0.39 is 0 Å². The van der Waals surface area contributed by atoms with E-state index in [-0.39, 0.29) is 6.03 Å². The van der Waals surface area contributed by atoms with Crippen molar-refractivity contribution in [3.8, 4) is 5.75 Å². The Labute approximate surface area is 140 Å². The van der Waals surface area contributed by atoms with Crippen molar-refractivity contribution < 1.29 is 9.53 Å². The van der Waals surface area contributed by atoms with Crippen LogP contribution >= 0.6 is 0 Å². The van der Waals surface area contributed by atoms with Crippen LogP contribution in [-0.4, -0.2) is 29.4 Å². The molecule has 3 N–H and O–H groups in total. The number of hydrogen-bond acceptors (Lipinski definition) is 3. The van der Waals surface area contributed by atoms with Gasteiger partial charge in [-0.1, -0.05) is 18.2 Å². The molecule has 0 radical (unpaired) electrons. The summed E-state index contributed by atoms with van der Waals surface area (Å²) in [7, 11) is 0. The SMILES string of the molecule is Cc1ccccc1OCCCNC(=O)Nc1ccc2cn[nH]c2c1. The molecule has 6 heteroatoms. The standard InChI is InChI=1S/C18H20N4O2/c1-13-5-2-3-6-17(13)24-10-4-9-19-18(23)21-15-8-7-14-12-20-22-16(14)11-15/h2-3,5-8,11-12H,4,9-10H2,1H3,(H,20,22)(H2,19,21,23). The van der Waals surface area contributed by atoms with Gasteiger partial charge in [0.25, 0.3) is 0 Å². The molecular weight excluding hydrogens is 304 g/mol. The third-order valence-corrected chi connectivity index (χ3v) is 3.66. The number of rotatable bonds is 6. The number of fused-ring (bicyclic) bond motifs is 1. The Hall–Kier alpha value is -3.02. The van der Waals surface area contributed by atoms with Crippen molar-refractivity contribution in [1.29, 1.82) is 0 Å². The summed E-state index contributed by atoms with van der Waals surface area (Å²) in [6.45, 7) is 3.12. The van der Waals surface area contributed by atoms with Gasteiger partial charge in [0.1, 0.15) is 5.75 Å². The molecule has 0 aliphatic heterocycles. The van der Waals surface area contributed by atoms with Crippen LogP contribution in [0.4, 0.5) is 10.5 Å². The van der Waals surface area contributed by atoms with Crippen molar-refractivity contribution >= 4 is 22.6 Å². The van der Waals surface area contributed by atoms with Crippen molar-refractivity contribution in [1.82, 2.24) is 15.5 Å². The molecule has 0 fully saturated rings. The molecule has 24 heavy (non-hydrogen) atoms. The number of aromatic nitrogens is 2. The molecule has 3 rings (SSSR count). The van der Waals surface area contributed by atoms with Gasteiger partial charge in [0.2, 0.25) is 0 Å². The first-order valence-electron chi connectivity index (χ1n) is 7.89. The lowest BCUT2D eigenvalue weighted by Gasteiger charge is -2.10. The van der Waals surface area contributed by atoms with Gasteiger partial charge in [-0.3, -0.25) is 5.10 Å². The summed E-state index contributed by atoms with van der Waals surface area (Å²) in [5, 5.41) is 13.5. The molecule has 6 nitrogen and oxygen atoms in total. The van der Waals surface area contributed by atoms with Crippen LogP contribution in [0.1, 0.15) is 12.0 Å². The Morgan fingerprint density at radius 3 is 3.00 bits per heavy atom. The van der Waals surface area contributed by atoms with E-state index in [1.165, 1.54) is 0 Å². The number of aryl methyl sites for hydroxylation is 1. The zero-order valence-corrected chi connectivity index (χ0v) is 13.5. The van der Waals surface area contributed by atoms with Gasteiger partial charge in [-0.25, -0.2) is 4.79 Å². The number of hydrogen-bond donors (Lipinski definition) is 3. The topological polar surface area (TPSA) is 79.0 Å². The molecule has 2 amide bonds. The molecule has 1 aromatic heterocycles. The lowest BCUT2D eigenvalue weighted by Crippen LogP contribution is -2.30. The number of amides is 2. The highest BCUT2D eigenvalue weighted by molar-refractivity contribution is 5.92. The molecule has 0 aliphatic rings. The molecule has 0 saturated heterocycles. The van der Waals surface area contributed by atoms with Gasteiger partial charge in [-0.05, 0) is 43.2 Å². The van der Waals surface area contributed by atoms with Crippen LogP contribution in [0.2, 0.25) is 0 Å². The Balaban J connectivity index is 1.39.